The monoisotopic (exact) mass is 229 g/mol. The minimum Gasteiger partial charge on any atom is -0.309 e. The second-order valence-corrected chi connectivity index (χ2v) is 3.56. The number of hydrogen-bond acceptors (Lipinski definition) is 4. The lowest BCUT2D eigenvalue weighted by Crippen LogP contribution is -1.95. The van der Waals surface area contributed by atoms with E-state index in [9.17, 15) is 4.39 Å². The van der Waals surface area contributed by atoms with Gasteiger partial charge in [0.15, 0.2) is 17.1 Å². The van der Waals surface area contributed by atoms with Gasteiger partial charge in [-0.05, 0) is 12.1 Å². The normalized spacial score (nSPS) is 10.9. The van der Waals surface area contributed by atoms with Gasteiger partial charge in [-0.25, -0.2) is 24.3 Å². The van der Waals surface area contributed by atoms with Crippen molar-refractivity contribution in [1.29, 1.82) is 0 Å². The van der Waals surface area contributed by atoms with Crippen molar-refractivity contribution in [2.45, 2.75) is 0 Å². The molecule has 6 heteroatoms. The Morgan fingerprint density at radius 1 is 1.12 bits per heavy atom. The molecule has 0 saturated carbocycles. The molecule has 0 saturated heterocycles. The van der Waals surface area contributed by atoms with Crippen LogP contribution in [0.15, 0.2) is 30.7 Å². The fourth-order valence-corrected chi connectivity index (χ4v) is 1.65. The molecular weight excluding hydrogens is 221 g/mol. The lowest BCUT2D eigenvalue weighted by atomic mass is 10.3. The van der Waals surface area contributed by atoms with Crippen molar-refractivity contribution in [3.05, 3.63) is 36.5 Å². The Morgan fingerprint density at radius 2 is 1.94 bits per heavy atom. The van der Waals surface area contributed by atoms with Crippen LogP contribution in [0.3, 0.4) is 0 Å². The third kappa shape index (κ3) is 1.54. The molecule has 0 aliphatic carbocycles. The van der Waals surface area contributed by atoms with Gasteiger partial charge in [0.1, 0.15) is 11.5 Å². The molecule has 17 heavy (non-hydrogen) atoms. The van der Waals surface area contributed by atoms with Crippen molar-refractivity contribution in [3.8, 4) is 11.5 Å². The van der Waals surface area contributed by atoms with Crippen molar-refractivity contribution >= 4 is 11.3 Å². The molecule has 3 rings (SSSR count). The van der Waals surface area contributed by atoms with Crippen LogP contribution in [0.4, 0.5) is 4.39 Å². The molecule has 0 atom stereocenters. The summed E-state index contributed by atoms with van der Waals surface area (Å²) in [7, 11) is 1.82. The smallest absolute Gasteiger partial charge is 0.198 e. The summed E-state index contributed by atoms with van der Waals surface area (Å²) in [6.07, 6.45) is 4.35. The van der Waals surface area contributed by atoms with Gasteiger partial charge in [0.05, 0.1) is 6.20 Å². The molecule has 0 bridgehead atoms. The lowest BCUT2D eigenvalue weighted by Gasteiger charge is -2.00. The van der Waals surface area contributed by atoms with Crippen LogP contribution < -0.4 is 0 Å². The highest BCUT2D eigenvalue weighted by atomic mass is 19.1. The van der Waals surface area contributed by atoms with Crippen molar-refractivity contribution in [2.24, 2.45) is 7.05 Å². The Kier molecular flexibility index (Phi) is 2.07. The second kappa shape index (κ2) is 3.58. The average molecular weight is 229 g/mol. The molecular formula is C11H8FN5. The summed E-state index contributed by atoms with van der Waals surface area (Å²) >= 11 is 0. The molecule has 5 nitrogen and oxygen atoms in total. The van der Waals surface area contributed by atoms with Gasteiger partial charge in [-0.1, -0.05) is 0 Å². The minimum absolute atomic E-state index is 0.372. The van der Waals surface area contributed by atoms with Crippen LogP contribution in [0.5, 0.6) is 0 Å². The molecule has 0 aliphatic rings. The maximum Gasteiger partial charge on any atom is 0.198 e. The third-order valence-corrected chi connectivity index (χ3v) is 2.46. The molecule has 0 amide bonds. The Labute approximate surface area is 96.0 Å². The van der Waals surface area contributed by atoms with Crippen molar-refractivity contribution < 1.29 is 4.39 Å². The first kappa shape index (κ1) is 9.83. The summed E-state index contributed by atoms with van der Waals surface area (Å²) in [6, 6.07) is 2.93. The summed E-state index contributed by atoms with van der Waals surface area (Å²) in [5.41, 5.74) is 1.82. The molecule has 0 fully saturated rings. The van der Waals surface area contributed by atoms with E-state index in [0.29, 0.717) is 22.8 Å². The van der Waals surface area contributed by atoms with E-state index in [2.05, 4.69) is 19.9 Å². The average Bonchev–Trinajstić information content (AvgIpc) is 2.69. The number of aryl methyl sites for hydroxylation is 1. The highest BCUT2D eigenvalue weighted by Crippen LogP contribution is 2.19. The van der Waals surface area contributed by atoms with E-state index < -0.39 is 0 Å². The summed E-state index contributed by atoms with van der Waals surface area (Å²) in [4.78, 5) is 16.6. The highest BCUT2D eigenvalue weighted by molar-refractivity contribution is 5.71. The van der Waals surface area contributed by atoms with E-state index in [0.717, 1.165) is 6.20 Å². The molecule has 0 aliphatic heterocycles. The van der Waals surface area contributed by atoms with Crippen LogP contribution in [0, 0.1) is 5.82 Å². The third-order valence-electron chi connectivity index (χ3n) is 2.46. The molecule has 3 aromatic heterocycles. The van der Waals surface area contributed by atoms with E-state index in [-0.39, 0.29) is 5.82 Å². The molecule has 0 unspecified atom stereocenters. The van der Waals surface area contributed by atoms with Crippen LogP contribution in [-0.2, 0) is 7.05 Å². The topological polar surface area (TPSA) is 56.5 Å². The summed E-state index contributed by atoms with van der Waals surface area (Å²) in [6.45, 7) is 0. The van der Waals surface area contributed by atoms with Gasteiger partial charge in [0.2, 0.25) is 0 Å². The molecule has 0 radical (unpaired) electrons. The quantitative estimate of drug-likeness (QED) is 0.635. The maximum absolute atomic E-state index is 12.8. The van der Waals surface area contributed by atoms with Crippen LogP contribution >= 0.6 is 0 Å². The number of halogens is 1. The number of nitrogens with zero attached hydrogens (tertiary/aromatic N) is 5. The van der Waals surface area contributed by atoms with Gasteiger partial charge in [-0.15, -0.1) is 0 Å². The lowest BCUT2D eigenvalue weighted by molar-refractivity contribution is 0.621. The molecule has 84 valence electrons. The predicted octanol–water partition coefficient (Wildman–Crippen LogP) is 1.56. The van der Waals surface area contributed by atoms with Crippen LogP contribution in [-0.4, -0.2) is 24.5 Å². The fraction of sp³-hybridized carbons (Fsp3) is 0.0909. The summed E-state index contributed by atoms with van der Waals surface area (Å²) in [5, 5.41) is 0. The zero-order chi connectivity index (χ0) is 11.8. The number of aromatic nitrogens is 5. The van der Waals surface area contributed by atoms with Gasteiger partial charge in [-0.2, -0.15) is 0 Å². The van der Waals surface area contributed by atoms with Gasteiger partial charge in [-0.3, -0.25) is 0 Å². The standard InChI is InChI=1S/C11H8FN5/c1-17-10(8-3-2-7(12)6-15-8)16-9-11(17)14-5-4-13-9/h2-6H,1H3. The van der Waals surface area contributed by atoms with E-state index >= 15 is 0 Å². The number of rotatable bonds is 1. The number of imidazole rings is 1. The first-order valence-corrected chi connectivity index (χ1v) is 5.01. The van der Waals surface area contributed by atoms with Gasteiger partial charge in [0.25, 0.3) is 0 Å². The second-order valence-electron chi connectivity index (χ2n) is 3.56. The van der Waals surface area contributed by atoms with Gasteiger partial charge in [0, 0.05) is 19.4 Å². The first-order valence-electron chi connectivity index (χ1n) is 5.01. The van der Waals surface area contributed by atoms with Gasteiger partial charge < -0.3 is 4.57 Å². The Bertz CT molecular complexity index is 674. The fourth-order valence-electron chi connectivity index (χ4n) is 1.65. The van der Waals surface area contributed by atoms with Crippen molar-refractivity contribution in [3.63, 3.8) is 0 Å². The zero-order valence-electron chi connectivity index (χ0n) is 9.00. The molecule has 0 aromatic carbocycles. The minimum atomic E-state index is -0.372. The van der Waals surface area contributed by atoms with Gasteiger partial charge >= 0.3 is 0 Å². The number of hydrogen-bond donors (Lipinski definition) is 0. The van der Waals surface area contributed by atoms with E-state index in [4.69, 9.17) is 0 Å². The molecule has 3 aromatic rings. The van der Waals surface area contributed by atoms with Crippen LogP contribution in [0.25, 0.3) is 22.8 Å². The van der Waals surface area contributed by atoms with Crippen molar-refractivity contribution in [1.82, 2.24) is 24.5 Å². The largest absolute Gasteiger partial charge is 0.309 e. The molecule has 3 heterocycles. The highest BCUT2D eigenvalue weighted by Gasteiger charge is 2.12. The maximum atomic E-state index is 12.8. The van der Waals surface area contributed by atoms with E-state index in [1.807, 2.05) is 7.05 Å². The predicted molar refractivity (Wildman–Crippen MR) is 59.5 cm³/mol. The summed E-state index contributed by atoms with van der Waals surface area (Å²) in [5.74, 6) is 0.245. The molecule has 0 spiro atoms. The van der Waals surface area contributed by atoms with Crippen LogP contribution in [0.1, 0.15) is 0 Å². The first-order chi connectivity index (χ1) is 8.25. The molecule has 0 N–H and O–H groups in total. The van der Waals surface area contributed by atoms with Crippen molar-refractivity contribution in [2.75, 3.05) is 0 Å². The van der Waals surface area contributed by atoms with E-state index in [1.54, 1.807) is 23.0 Å². The Morgan fingerprint density at radius 3 is 2.65 bits per heavy atom. The summed E-state index contributed by atoms with van der Waals surface area (Å²) < 4.78 is 14.6. The number of fused-ring (bicyclic) bond motifs is 1. The number of pyridine rings is 1. The zero-order valence-corrected chi connectivity index (χ0v) is 9.00. The Hall–Kier alpha value is -2.37. The SMILES string of the molecule is Cn1c(-c2ccc(F)cn2)nc2nccnc21. The van der Waals surface area contributed by atoms with Crippen LogP contribution in [0.2, 0.25) is 0 Å². The Balaban J connectivity index is 2.24. The van der Waals surface area contributed by atoms with E-state index in [1.165, 1.54) is 6.07 Å².